The summed E-state index contributed by atoms with van der Waals surface area (Å²) in [5.41, 5.74) is 2.53. The van der Waals surface area contributed by atoms with Gasteiger partial charge in [-0.15, -0.1) is 0 Å². The number of nitrogens with zero attached hydrogens (tertiary/aromatic N) is 1. The Kier molecular flexibility index (Phi) is 6.37. The fraction of sp³-hybridized carbons (Fsp3) is 0.579. The Morgan fingerprint density at radius 2 is 2.08 bits per heavy atom. The zero-order valence-electron chi connectivity index (χ0n) is 14.8. The number of hydrogen-bond acceptors (Lipinski definition) is 3. The van der Waals surface area contributed by atoms with Gasteiger partial charge in [-0.2, -0.15) is 0 Å². The van der Waals surface area contributed by atoms with Crippen LogP contribution in [0.2, 0.25) is 0 Å². The Labute approximate surface area is 144 Å². The summed E-state index contributed by atoms with van der Waals surface area (Å²) in [5.74, 6) is -0.981. The van der Waals surface area contributed by atoms with Crippen LogP contribution in [0.1, 0.15) is 50.3 Å². The topological polar surface area (TPSA) is 69.6 Å². The lowest BCUT2D eigenvalue weighted by Gasteiger charge is -2.34. The standard InChI is InChI=1S/C19H28N2O3/c1-4-13(2)18(19(23)24)20-12-17(22)21(3)16-11-7-9-14-8-5-6-10-15(14)16/h5-6,8,10,13,16,18,20H,4,7,9,11-12H2,1-3H3,(H,23,24)/t13-,16?,18-/m0/s1. The molecule has 1 aromatic rings. The average Bonchev–Trinajstić information content (AvgIpc) is 2.59. The Morgan fingerprint density at radius 1 is 1.38 bits per heavy atom. The van der Waals surface area contributed by atoms with Crippen molar-refractivity contribution in [1.29, 1.82) is 0 Å². The highest BCUT2D eigenvalue weighted by molar-refractivity contribution is 5.80. The maximum absolute atomic E-state index is 12.6. The molecule has 1 amide bonds. The van der Waals surface area contributed by atoms with Crippen LogP contribution in [0.5, 0.6) is 0 Å². The van der Waals surface area contributed by atoms with E-state index in [1.54, 1.807) is 4.90 Å². The number of carbonyl (C=O) groups excluding carboxylic acids is 1. The van der Waals surface area contributed by atoms with Gasteiger partial charge in [0.1, 0.15) is 6.04 Å². The molecule has 0 fully saturated rings. The molecule has 2 rings (SSSR count). The third-order valence-corrected chi connectivity index (χ3v) is 5.15. The van der Waals surface area contributed by atoms with E-state index in [0.29, 0.717) is 0 Å². The average molecular weight is 332 g/mol. The van der Waals surface area contributed by atoms with Crippen molar-refractivity contribution in [2.75, 3.05) is 13.6 Å². The molecule has 5 heteroatoms. The normalized spacial score (nSPS) is 19.2. The first-order chi connectivity index (χ1) is 11.5. The molecule has 0 spiro atoms. The SMILES string of the molecule is CC[C@H](C)[C@H](NCC(=O)N(C)C1CCCc2ccccc21)C(=O)O. The van der Waals surface area contributed by atoms with Gasteiger partial charge in [0, 0.05) is 7.05 Å². The van der Waals surface area contributed by atoms with Crippen molar-refractivity contribution in [2.45, 2.75) is 51.6 Å². The number of carboxylic acids is 1. The molecule has 0 saturated carbocycles. The summed E-state index contributed by atoms with van der Waals surface area (Å²) in [5, 5.41) is 12.2. The third-order valence-electron chi connectivity index (χ3n) is 5.15. The largest absolute Gasteiger partial charge is 0.480 e. The van der Waals surface area contributed by atoms with Gasteiger partial charge in [0.15, 0.2) is 0 Å². The summed E-state index contributed by atoms with van der Waals surface area (Å²) in [6.45, 7) is 3.89. The number of aryl methyl sites for hydroxylation is 1. The zero-order valence-corrected chi connectivity index (χ0v) is 14.8. The van der Waals surface area contributed by atoms with Gasteiger partial charge >= 0.3 is 5.97 Å². The minimum atomic E-state index is -0.900. The van der Waals surface area contributed by atoms with E-state index in [1.165, 1.54) is 11.1 Å². The van der Waals surface area contributed by atoms with Crippen LogP contribution in [0.4, 0.5) is 0 Å². The van der Waals surface area contributed by atoms with E-state index >= 15 is 0 Å². The van der Waals surface area contributed by atoms with E-state index in [-0.39, 0.29) is 24.4 Å². The van der Waals surface area contributed by atoms with Gasteiger partial charge in [-0.3, -0.25) is 14.9 Å². The van der Waals surface area contributed by atoms with E-state index in [0.717, 1.165) is 25.7 Å². The number of benzene rings is 1. The molecular weight excluding hydrogens is 304 g/mol. The number of carboxylic acid groups (broad SMARTS) is 1. The van der Waals surface area contributed by atoms with E-state index in [9.17, 15) is 14.7 Å². The molecule has 0 heterocycles. The predicted octanol–water partition coefficient (Wildman–Crippen LogP) is 2.61. The van der Waals surface area contributed by atoms with E-state index < -0.39 is 12.0 Å². The molecule has 1 aliphatic carbocycles. The number of nitrogens with one attached hydrogen (secondary N) is 1. The van der Waals surface area contributed by atoms with Gasteiger partial charge < -0.3 is 10.0 Å². The summed E-state index contributed by atoms with van der Waals surface area (Å²) in [6, 6.07) is 7.66. The summed E-state index contributed by atoms with van der Waals surface area (Å²) < 4.78 is 0. The molecule has 1 unspecified atom stereocenters. The van der Waals surface area contributed by atoms with Crippen molar-refractivity contribution >= 4 is 11.9 Å². The minimum Gasteiger partial charge on any atom is -0.480 e. The second kappa shape index (κ2) is 8.29. The van der Waals surface area contributed by atoms with Gasteiger partial charge in [0.25, 0.3) is 0 Å². The van der Waals surface area contributed by atoms with Crippen LogP contribution < -0.4 is 5.32 Å². The first-order valence-corrected chi connectivity index (χ1v) is 8.75. The molecule has 0 bridgehead atoms. The highest BCUT2D eigenvalue weighted by atomic mass is 16.4. The van der Waals surface area contributed by atoms with Gasteiger partial charge in [0.05, 0.1) is 12.6 Å². The number of hydrogen-bond donors (Lipinski definition) is 2. The molecule has 0 aliphatic heterocycles. The van der Waals surface area contributed by atoms with E-state index in [2.05, 4.69) is 17.4 Å². The number of fused-ring (bicyclic) bond motifs is 1. The smallest absolute Gasteiger partial charge is 0.320 e. The lowest BCUT2D eigenvalue weighted by atomic mass is 9.87. The molecule has 24 heavy (non-hydrogen) atoms. The van der Waals surface area contributed by atoms with Crippen molar-refractivity contribution < 1.29 is 14.7 Å². The van der Waals surface area contributed by atoms with Crippen LogP contribution in [0.25, 0.3) is 0 Å². The van der Waals surface area contributed by atoms with Crippen LogP contribution in [0.15, 0.2) is 24.3 Å². The first-order valence-electron chi connectivity index (χ1n) is 8.75. The van der Waals surface area contributed by atoms with Gasteiger partial charge in [-0.05, 0) is 36.3 Å². The Bertz CT molecular complexity index is 588. The predicted molar refractivity (Wildman–Crippen MR) is 93.8 cm³/mol. The number of aliphatic carboxylic acids is 1. The van der Waals surface area contributed by atoms with Gasteiger partial charge in [0.2, 0.25) is 5.91 Å². The van der Waals surface area contributed by atoms with E-state index in [4.69, 9.17) is 0 Å². The fourth-order valence-corrected chi connectivity index (χ4v) is 3.39. The molecule has 2 N–H and O–H groups in total. The fourth-order valence-electron chi connectivity index (χ4n) is 3.39. The molecule has 1 aromatic carbocycles. The molecular formula is C19H28N2O3. The van der Waals surface area contributed by atoms with Gasteiger partial charge in [-0.1, -0.05) is 44.5 Å². The van der Waals surface area contributed by atoms with Crippen molar-refractivity contribution in [3.63, 3.8) is 0 Å². The van der Waals surface area contributed by atoms with Gasteiger partial charge in [-0.25, -0.2) is 0 Å². The molecule has 0 radical (unpaired) electrons. The highest BCUT2D eigenvalue weighted by Crippen LogP contribution is 2.33. The number of carbonyl (C=O) groups is 2. The summed E-state index contributed by atoms with van der Waals surface area (Å²) in [7, 11) is 1.82. The number of rotatable bonds is 7. The monoisotopic (exact) mass is 332 g/mol. The Morgan fingerprint density at radius 3 is 2.75 bits per heavy atom. The van der Waals surface area contributed by atoms with Crippen LogP contribution in [0, 0.1) is 5.92 Å². The molecule has 5 nitrogen and oxygen atoms in total. The Balaban J connectivity index is 2.01. The third kappa shape index (κ3) is 4.15. The number of amides is 1. The van der Waals surface area contributed by atoms with Crippen molar-refractivity contribution in [3.05, 3.63) is 35.4 Å². The summed E-state index contributed by atoms with van der Waals surface area (Å²) in [6.07, 6.45) is 3.83. The summed E-state index contributed by atoms with van der Waals surface area (Å²) >= 11 is 0. The molecule has 1 aliphatic rings. The maximum atomic E-state index is 12.6. The lowest BCUT2D eigenvalue weighted by molar-refractivity contribution is -0.141. The first kappa shape index (κ1) is 18.5. The molecule has 3 atom stereocenters. The van der Waals surface area contributed by atoms with Crippen LogP contribution in [0.3, 0.4) is 0 Å². The van der Waals surface area contributed by atoms with Crippen molar-refractivity contribution in [2.24, 2.45) is 5.92 Å². The summed E-state index contributed by atoms with van der Waals surface area (Å²) in [4.78, 5) is 25.7. The van der Waals surface area contributed by atoms with Crippen molar-refractivity contribution in [3.8, 4) is 0 Å². The number of likely N-dealkylation sites (N-methyl/N-ethyl adjacent to an activating group) is 1. The van der Waals surface area contributed by atoms with E-state index in [1.807, 2.05) is 33.0 Å². The maximum Gasteiger partial charge on any atom is 0.320 e. The van der Waals surface area contributed by atoms with Crippen LogP contribution >= 0.6 is 0 Å². The van der Waals surface area contributed by atoms with Crippen LogP contribution in [-0.4, -0.2) is 41.5 Å². The Hall–Kier alpha value is -1.88. The second-order valence-corrected chi connectivity index (χ2v) is 6.69. The van der Waals surface area contributed by atoms with Crippen LogP contribution in [-0.2, 0) is 16.0 Å². The zero-order chi connectivity index (χ0) is 17.7. The second-order valence-electron chi connectivity index (χ2n) is 6.69. The quantitative estimate of drug-likeness (QED) is 0.805. The minimum absolute atomic E-state index is 0.0176. The molecule has 132 valence electrons. The highest BCUT2D eigenvalue weighted by Gasteiger charge is 2.28. The molecule has 0 saturated heterocycles. The van der Waals surface area contributed by atoms with Crippen molar-refractivity contribution in [1.82, 2.24) is 10.2 Å². The lowest BCUT2D eigenvalue weighted by Crippen LogP contribution is -2.47. The molecule has 0 aromatic heterocycles.